The molecule has 5 rings (SSSR count). The second-order valence-electron chi connectivity index (χ2n) is 8.09. The maximum atomic E-state index is 13.0. The van der Waals surface area contributed by atoms with E-state index in [-0.39, 0.29) is 16.7 Å². The summed E-state index contributed by atoms with van der Waals surface area (Å²) in [5.41, 5.74) is 1.90. The summed E-state index contributed by atoms with van der Waals surface area (Å²) in [6, 6.07) is 19.3. The zero-order valence-electron chi connectivity index (χ0n) is 18.9. The van der Waals surface area contributed by atoms with E-state index >= 15 is 0 Å². The third kappa shape index (κ3) is 4.18. The molecule has 4 aromatic rings. The molecule has 0 bridgehead atoms. The first kappa shape index (κ1) is 23.2. The van der Waals surface area contributed by atoms with E-state index in [1.807, 2.05) is 12.1 Å². The maximum absolute atomic E-state index is 13.0. The highest BCUT2D eigenvalue weighted by atomic mass is 35.5. The lowest BCUT2D eigenvalue weighted by Gasteiger charge is -2.15. The zero-order chi connectivity index (χ0) is 25.4. The van der Waals surface area contributed by atoms with Crippen molar-refractivity contribution in [1.29, 1.82) is 0 Å². The molecule has 1 unspecified atom stereocenters. The largest absolute Gasteiger partial charge is 0.449 e. The number of nitrogens with zero attached hydrogens (tertiary/aromatic N) is 2. The lowest BCUT2D eigenvalue weighted by atomic mass is 10.1. The van der Waals surface area contributed by atoms with Gasteiger partial charge in [-0.3, -0.25) is 19.4 Å². The van der Waals surface area contributed by atoms with Gasteiger partial charge in [0.15, 0.2) is 6.10 Å². The number of benzene rings is 3. The Kier molecular flexibility index (Phi) is 5.95. The molecule has 9 heteroatoms. The first-order chi connectivity index (χ1) is 17.3. The van der Waals surface area contributed by atoms with Gasteiger partial charge in [-0.2, -0.15) is 0 Å². The van der Waals surface area contributed by atoms with Crippen molar-refractivity contribution >= 4 is 57.6 Å². The molecule has 0 saturated carbocycles. The molecule has 1 aromatic heterocycles. The van der Waals surface area contributed by atoms with Crippen molar-refractivity contribution in [1.82, 2.24) is 4.98 Å². The number of anilines is 2. The Morgan fingerprint density at radius 3 is 2.47 bits per heavy atom. The van der Waals surface area contributed by atoms with Crippen LogP contribution in [0.25, 0.3) is 10.9 Å². The van der Waals surface area contributed by atoms with Crippen molar-refractivity contribution in [3.8, 4) is 0 Å². The van der Waals surface area contributed by atoms with Crippen LogP contribution in [0.4, 0.5) is 11.4 Å². The van der Waals surface area contributed by atoms with Gasteiger partial charge in [0.25, 0.3) is 17.7 Å². The standard InChI is InChI=1S/C27H18ClN3O5/c1-15(24(32)30-23-6-2-5-22-20(23)4-3-13-29-22)36-27(35)16-7-12-19-21(14-16)26(34)31(25(19)33)18-10-8-17(28)9-11-18/h2-15H,1H3,(H,30,32). The highest BCUT2D eigenvalue weighted by Crippen LogP contribution is 2.30. The van der Waals surface area contributed by atoms with E-state index in [4.69, 9.17) is 16.3 Å². The number of amides is 3. The molecule has 0 spiro atoms. The number of fused-ring (bicyclic) bond motifs is 2. The van der Waals surface area contributed by atoms with E-state index in [0.29, 0.717) is 21.9 Å². The fraction of sp³-hybridized carbons (Fsp3) is 0.0741. The first-order valence-corrected chi connectivity index (χ1v) is 11.4. The molecule has 8 nitrogen and oxygen atoms in total. The second kappa shape index (κ2) is 9.24. The lowest BCUT2D eigenvalue weighted by molar-refractivity contribution is -0.123. The van der Waals surface area contributed by atoms with E-state index in [9.17, 15) is 19.2 Å². The maximum Gasteiger partial charge on any atom is 0.338 e. The molecule has 178 valence electrons. The molecule has 1 atom stereocenters. The normalized spacial score (nSPS) is 13.4. The highest BCUT2D eigenvalue weighted by Gasteiger charge is 2.37. The van der Waals surface area contributed by atoms with Crippen LogP contribution in [0, 0.1) is 0 Å². The molecular weight excluding hydrogens is 482 g/mol. The number of hydrogen-bond donors (Lipinski definition) is 1. The summed E-state index contributed by atoms with van der Waals surface area (Å²) in [6.07, 6.45) is 0.530. The average molecular weight is 500 g/mol. The Labute approximate surface area is 210 Å². The van der Waals surface area contributed by atoms with Crippen LogP contribution in [0.15, 0.2) is 79.0 Å². The molecular formula is C27H18ClN3O5. The summed E-state index contributed by atoms with van der Waals surface area (Å²) in [5.74, 6) is -2.40. The molecule has 0 fully saturated rings. The number of imide groups is 1. The van der Waals surface area contributed by atoms with Crippen molar-refractivity contribution in [3.05, 3.63) is 101 Å². The van der Waals surface area contributed by atoms with Crippen LogP contribution in [0.1, 0.15) is 38.0 Å². The Morgan fingerprint density at radius 2 is 1.69 bits per heavy atom. The average Bonchev–Trinajstić information content (AvgIpc) is 3.14. The molecule has 2 heterocycles. The number of carbonyl (C=O) groups is 4. The van der Waals surface area contributed by atoms with Crippen LogP contribution >= 0.6 is 11.6 Å². The summed E-state index contributed by atoms with van der Waals surface area (Å²) >= 11 is 5.90. The Bertz CT molecular complexity index is 1550. The predicted molar refractivity (Wildman–Crippen MR) is 134 cm³/mol. The second-order valence-corrected chi connectivity index (χ2v) is 8.53. The Morgan fingerprint density at radius 1 is 0.944 bits per heavy atom. The Balaban J connectivity index is 1.31. The first-order valence-electron chi connectivity index (χ1n) is 11.0. The summed E-state index contributed by atoms with van der Waals surface area (Å²) in [4.78, 5) is 56.5. The number of esters is 1. The van der Waals surface area contributed by atoms with Crippen LogP contribution in [0.5, 0.6) is 0 Å². The van der Waals surface area contributed by atoms with E-state index in [1.54, 1.807) is 48.7 Å². The quantitative estimate of drug-likeness (QED) is 0.310. The zero-order valence-corrected chi connectivity index (χ0v) is 19.7. The molecule has 3 amide bonds. The Hall–Kier alpha value is -4.56. The van der Waals surface area contributed by atoms with Gasteiger partial charge < -0.3 is 10.1 Å². The number of aromatic nitrogens is 1. The summed E-state index contributed by atoms with van der Waals surface area (Å²) < 4.78 is 5.34. The predicted octanol–water partition coefficient (Wildman–Crippen LogP) is 4.87. The van der Waals surface area contributed by atoms with Gasteiger partial charge >= 0.3 is 5.97 Å². The smallest absolute Gasteiger partial charge is 0.338 e. The number of halogens is 1. The topological polar surface area (TPSA) is 106 Å². The molecule has 36 heavy (non-hydrogen) atoms. The van der Waals surface area contributed by atoms with Gasteiger partial charge in [-0.1, -0.05) is 17.7 Å². The van der Waals surface area contributed by atoms with E-state index < -0.39 is 29.8 Å². The van der Waals surface area contributed by atoms with E-state index in [0.717, 1.165) is 10.3 Å². The fourth-order valence-corrected chi connectivity index (χ4v) is 4.05. The minimum atomic E-state index is -1.12. The van der Waals surface area contributed by atoms with Crippen molar-refractivity contribution in [2.45, 2.75) is 13.0 Å². The minimum absolute atomic E-state index is 0.0434. The van der Waals surface area contributed by atoms with Gasteiger partial charge in [0.2, 0.25) is 0 Å². The third-order valence-electron chi connectivity index (χ3n) is 5.76. The van der Waals surface area contributed by atoms with E-state index in [1.165, 1.54) is 25.1 Å². The van der Waals surface area contributed by atoms with Crippen LogP contribution in [0.2, 0.25) is 5.02 Å². The van der Waals surface area contributed by atoms with Gasteiger partial charge in [0, 0.05) is 16.6 Å². The van der Waals surface area contributed by atoms with Crippen LogP contribution in [0.3, 0.4) is 0 Å². The van der Waals surface area contributed by atoms with Gasteiger partial charge in [-0.15, -0.1) is 0 Å². The molecule has 3 aromatic carbocycles. The van der Waals surface area contributed by atoms with Gasteiger partial charge in [-0.25, -0.2) is 9.69 Å². The number of rotatable bonds is 5. The minimum Gasteiger partial charge on any atom is -0.449 e. The monoisotopic (exact) mass is 499 g/mol. The SMILES string of the molecule is CC(OC(=O)c1ccc2c(c1)C(=O)N(c1ccc(Cl)cc1)C2=O)C(=O)Nc1cccc2ncccc12. The summed E-state index contributed by atoms with van der Waals surface area (Å²) in [5, 5.41) is 3.97. The molecule has 0 saturated heterocycles. The summed E-state index contributed by atoms with van der Waals surface area (Å²) in [6.45, 7) is 1.45. The van der Waals surface area contributed by atoms with Gasteiger partial charge in [0.05, 0.1) is 33.6 Å². The molecule has 0 aliphatic carbocycles. The van der Waals surface area contributed by atoms with Crippen molar-refractivity contribution in [2.24, 2.45) is 0 Å². The third-order valence-corrected chi connectivity index (χ3v) is 6.02. The van der Waals surface area contributed by atoms with Gasteiger partial charge in [-0.05, 0) is 73.7 Å². The summed E-state index contributed by atoms with van der Waals surface area (Å²) in [7, 11) is 0. The van der Waals surface area contributed by atoms with Crippen molar-refractivity contribution < 1.29 is 23.9 Å². The molecule has 1 N–H and O–H groups in total. The van der Waals surface area contributed by atoms with Crippen molar-refractivity contribution in [2.75, 3.05) is 10.2 Å². The molecule has 0 radical (unpaired) electrons. The lowest BCUT2D eigenvalue weighted by Crippen LogP contribution is -2.30. The number of pyridine rings is 1. The van der Waals surface area contributed by atoms with Crippen molar-refractivity contribution in [3.63, 3.8) is 0 Å². The van der Waals surface area contributed by atoms with Crippen LogP contribution < -0.4 is 10.2 Å². The molecule has 1 aliphatic rings. The van der Waals surface area contributed by atoms with Crippen LogP contribution in [-0.2, 0) is 9.53 Å². The number of hydrogen-bond acceptors (Lipinski definition) is 6. The fourth-order valence-electron chi connectivity index (χ4n) is 3.92. The van der Waals surface area contributed by atoms with Gasteiger partial charge in [0.1, 0.15) is 0 Å². The number of ether oxygens (including phenoxy) is 1. The number of carbonyl (C=O) groups excluding carboxylic acids is 4. The molecule has 1 aliphatic heterocycles. The van der Waals surface area contributed by atoms with E-state index in [2.05, 4.69) is 10.3 Å². The number of nitrogens with one attached hydrogen (secondary N) is 1. The highest BCUT2D eigenvalue weighted by molar-refractivity contribution is 6.35. The van der Waals surface area contributed by atoms with Crippen LogP contribution in [-0.4, -0.2) is 34.8 Å².